The summed E-state index contributed by atoms with van der Waals surface area (Å²) in [7, 11) is 0. The van der Waals surface area contributed by atoms with Gasteiger partial charge in [-0.05, 0) is 17.7 Å². The van der Waals surface area contributed by atoms with Crippen LogP contribution in [0, 0.1) is 21.4 Å². The number of benzene rings is 2. The Morgan fingerprint density at radius 3 is 2.70 bits per heavy atom. The van der Waals surface area contributed by atoms with Gasteiger partial charge in [-0.1, -0.05) is 24.3 Å². The summed E-state index contributed by atoms with van der Waals surface area (Å²) in [6.45, 7) is 0. The lowest BCUT2D eigenvalue weighted by Gasteiger charge is -2.25. The number of nitrogens with zero attached hydrogens (tertiary/aromatic N) is 2. The lowest BCUT2D eigenvalue weighted by Crippen LogP contribution is -2.26. The number of nitriles is 1. The van der Waals surface area contributed by atoms with Gasteiger partial charge in [-0.3, -0.25) is 10.1 Å². The summed E-state index contributed by atoms with van der Waals surface area (Å²) >= 11 is 0. The summed E-state index contributed by atoms with van der Waals surface area (Å²) in [6, 6.07) is 14.4. The molecule has 3 aromatic rings. The Labute approximate surface area is 151 Å². The lowest BCUT2D eigenvalue weighted by molar-refractivity contribution is -0.384. The number of non-ortho nitro benzene ring substituents is 1. The molecule has 1 aliphatic heterocycles. The minimum absolute atomic E-state index is 0.00872. The van der Waals surface area contributed by atoms with E-state index in [1.54, 1.807) is 30.3 Å². The number of nitro benzene ring substituents is 1. The number of hydrogen-bond acceptors (Lipinski definition) is 7. The first-order valence-electron chi connectivity index (χ1n) is 7.89. The van der Waals surface area contributed by atoms with Crippen LogP contribution in [0.25, 0.3) is 11.0 Å². The van der Waals surface area contributed by atoms with Gasteiger partial charge < -0.3 is 14.9 Å². The summed E-state index contributed by atoms with van der Waals surface area (Å²) < 4.78 is 11.0. The zero-order valence-corrected chi connectivity index (χ0v) is 13.7. The van der Waals surface area contributed by atoms with Gasteiger partial charge in [-0.15, -0.1) is 0 Å². The zero-order valence-electron chi connectivity index (χ0n) is 13.7. The molecule has 8 nitrogen and oxygen atoms in total. The van der Waals surface area contributed by atoms with Crippen molar-refractivity contribution in [1.29, 1.82) is 5.26 Å². The second-order valence-corrected chi connectivity index (χ2v) is 5.91. The first-order valence-corrected chi connectivity index (χ1v) is 7.89. The molecule has 8 heteroatoms. The largest absolute Gasteiger partial charge is 0.439 e. The summed E-state index contributed by atoms with van der Waals surface area (Å²) in [4.78, 5) is 23.3. The SMILES string of the molecule is N#CC1=C(N)Oc2c(c(=O)oc3ccccc23)[C@H]1c1cccc([N+](=O)[O-])c1. The molecule has 0 saturated carbocycles. The van der Waals surface area contributed by atoms with Crippen molar-refractivity contribution in [2.24, 2.45) is 5.73 Å². The molecule has 1 aromatic heterocycles. The lowest BCUT2D eigenvalue weighted by atomic mass is 9.83. The van der Waals surface area contributed by atoms with Crippen LogP contribution in [0.3, 0.4) is 0 Å². The Bertz CT molecular complexity index is 1240. The van der Waals surface area contributed by atoms with Crippen LogP contribution in [-0.4, -0.2) is 4.92 Å². The standard InChI is InChI=1S/C19H11N3O5/c20-9-13-15(10-4-3-5-11(8-10)22(24)25)16-17(27-18(13)21)12-6-1-2-7-14(12)26-19(16)23/h1-8,15H,21H2/t15-/m0/s1. The van der Waals surface area contributed by atoms with E-state index < -0.39 is 16.5 Å². The van der Waals surface area contributed by atoms with Gasteiger partial charge in [0.2, 0.25) is 5.88 Å². The van der Waals surface area contributed by atoms with Crippen LogP contribution in [0.2, 0.25) is 0 Å². The Hall–Kier alpha value is -4.12. The molecule has 0 fully saturated rings. The maximum atomic E-state index is 12.7. The van der Waals surface area contributed by atoms with Gasteiger partial charge in [0.15, 0.2) is 5.75 Å². The first kappa shape index (κ1) is 16.4. The van der Waals surface area contributed by atoms with Crippen LogP contribution < -0.4 is 16.1 Å². The maximum absolute atomic E-state index is 12.7. The van der Waals surface area contributed by atoms with E-state index in [0.29, 0.717) is 16.5 Å². The number of allylic oxidation sites excluding steroid dienone is 1. The molecule has 0 amide bonds. The van der Waals surface area contributed by atoms with Crippen molar-refractivity contribution in [3.8, 4) is 11.8 Å². The van der Waals surface area contributed by atoms with Crippen molar-refractivity contribution < 1.29 is 14.1 Å². The third kappa shape index (κ3) is 2.49. The molecule has 0 spiro atoms. The molecule has 2 N–H and O–H groups in total. The van der Waals surface area contributed by atoms with Crippen molar-refractivity contribution in [2.45, 2.75) is 5.92 Å². The molecule has 27 heavy (non-hydrogen) atoms. The van der Waals surface area contributed by atoms with E-state index in [-0.39, 0.29) is 28.5 Å². The van der Waals surface area contributed by atoms with Crippen LogP contribution in [-0.2, 0) is 0 Å². The van der Waals surface area contributed by atoms with Crippen LogP contribution in [0.1, 0.15) is 17.0 Å². The molecule has 0 bridgehead atoms. The Balaban J connectivity index is 2.07. The number of nitro groups is 1. The number of ether oxygens (including phenoxy) is 1. The highest BCUT2D eigenvalue weighted by molar-refractivity contribution is 5.86. The number of nitrogens with two attached hydrogens (primary N) is 1. The van der Waals surface area contributed by atoms with Crippen LogP contribution in [0.4, 0.5) is 5.69 Å². The number of fused-ring (bicyclic) bond motifs is 3. The van der Waals surface area contributed by atoms with Crippen molar-refractivity contribution >= 4 is 16.7 Å². The Kier molecular flexibility index (Phi) is 3.63. The highest BCUT2D eigenvalue weighted by Crippen LogP contribution is 2.43. The van der Waals surface area contributed by atoms with Crippen LogP contribution in [0.15, 0.2) is 69.2 Å². The van der Waals surface area contributed by atoms with Gasteiger partial charge in [0.25, 0.3) is 5.69 Å². The molecule has 132 valence electrons. The van der Waals surface area contributed by atoms with E-state index >= 15 is 0 Å². The monoisotopic (exact) mass is 361 g/mol. The van der Waals surface area contributed by atoms with E-state index in [1.165, 1.54) is 18.2 Å². The highest BCUT2D eigenvalue weighted by atomic mass is 16.6. The van der Waals surface area contributed by atoms with Gasteiger partial charge >= 0.3 is 5.63 Å². The smallest absolute Gasteiger partial charge is 0.344 e. The molecule has 1 atom stereocenters. The second kappa shape index (κ2) is 6.00. The third-order valence-electron chi connectivity index (χ3n) is 4.39. The minimum atomic E-state index is -0.931. The van der Waals surface area contributed by atoms with Gasteiger partial charge in [-0.2, -0.15) is 5.26 Å². The van der Waals surface area contributed by atoms with E-state index in [2.05, 4.69) is 0 Å². The molecule has 1 aliphatic rings. The normalized spacial score (nSPS) is 15.7. The first-order chi connectivity index (χ1) is 13.0. The summed E-state index contributed by atoms with van der Waals surface area (Å²) in [5.41, 5.74) is 5.84. The summed E-state index contributed by atoms with van der Waals surface area (Å²) in [5.74, 6) is -0.897. The number of hydrogen-bond donors (Lipinski definition) is 1. The van der Waals surface area contributed by atoms with Gasteiger partial charge in [0.1, 0.15) is 17.2 Å². The van der Waals surface area contributed by atoms with Gasteiger partial charge in [-0.25, -0.2) is 4.79 Å². The molecular weight excluding hydrogens is 350 g/mol. The molecule has 0 saturated heterocycles. The summed E-state index contributed by atoms with van der Waals surface area (Å²) in [5, 5.41) is 21.2. The predicted octanol–water partition coefficient (Wildman–Crippen LogP) is 2.92. The fourth-order valence-electron chi connectivity index (χ4n) is 3.22. The molecule has 4 rings (SSSR count). The fraction of sp³-hybridized carbons (Fsp3) is 0.0526. The van der Waals surface area contributed by atoms with Crippen LogP contribution in [0.5, 0.6) is 5.75 Å². The molecule has 0 radical (unpaired) electrons. The Morgan fingerprint density at radius 1 is 1.19 bits per heavy atom. The number of para-hydroxylation sites is 1. The van der Waals surface area contributed by atoms with E-state index in [4.69, 9.17) is 14.9 Å². The molecular formula is C19H11N3O5. The average molecular weight is 361 g/mol. The maximum Gasteiger partial charge on any atom is 0.344 e. The fourth-order valence-corrected chi connectivity index (χ4v) is 3.22. The van der Waals surface area contributed by atoms with Crippen molar-refractivity contribution in [2.75, 3.05) is 0 Å². The topological polar surface area (TPSA) is 132 Å². The Morgan fingerprint density at radius 2 is 1.96 bits per heavy atom. The molecule has 0 aliphatic carbocycles. The summed E-state index contributed by atoms with van der Waals surface area (Å²) in [6.07, 6.45) is 0. The average Bonchev–Trinajstić information content (AvgIpc) is 2.67. The number of rotatable bonds is 2. The second-order valence-electron chi connectivity index (χ2n) is 5.91. The molecule has 0 unspecified atom stereocenters. The van der Waals surface area contributed by atoms with Crippen molar-refractivity contribution in [3.63, 3.8) is 0 Å². The minimum Gasteiger partial charge on any atom is -0.439 e. The zero-order chi connectivity index (χ0) is 19.1. The van der Waals surface area contributed by atoms with Gasteiger partial charge in [0, 0.05) is 12.1 Å². The van der Waals surface area contributed by atoms with Gasteiger partial charge in [0.05, 0.1) is 21.8 Å². The highest BCUT2D eigenvalue weighted by Gasteiger charge is 2.35. The van der Waals surface area contributed by atoms with E-state index in [0.717, 1.165) is 0 Å². The van der Waals surface area contributed by atoms with Crippen molar-refractivity contribution in [3.05, 3.63) is 91.6 Å². The molecule has 2 aromatic carbocycles. The molecule has 2 heterocycles. The van der Waals surface area contributed by atoms with E-state index in [1.807, 2.05) is 6.07 Å². The predicted molar refractivity (Wildman–Crippen MR) is 94.9 cm³/mol. The van der Waals surface area contributed by atoms with E-state index in [9.17, 15) is 20.2 Å². The quantitative estimate of drug-likeness (QED) is 0.421. The van der Waals surface area contributed by atoms with Crippen molar-refractivity contribution in [1.82, 2.24) is 0 Å². The third-order valence-corrected chi connectivity index (χ3v) is 4.39. The van der Waals surface area contributed by atoms with Crippen LogP contribution >= 0.6 is 0 Å².